The molecule has 0 radical (unpaired) electrons. The van der Waals surface area contributed by atoms with Gasteiger partial charge in [0.2, 0.25) is 0 Å². The van der Waals surface area contributed by atoms with Gasteiger partial charge >= 0.3 is 0 Å². The zero-order valence-electron chi connectivity index (χ0n) is 12.0. The average Bonchev–Trinajstić information content (AvgIpc) is 2.82. The molecule has 0 aromatic heterocycles. The van der Waals surface area contributed by atoms with E-state index in [2.05, 4.69) is 36.5 Å². The van der Waals surface area contributed by atoms with Crippen molar-refractivity contribution < 1.29 is 5.11 Å². The summed E-state index contributed by atoms with van der Waals surface area (Å²) < 4.78 is 0. The van der Waals surface area contributed by atoms with Gasteiger partial charge in [0.05, 0.1) is 6.61 Å². The molecule has 0 spiro atoms. The predicted molar refractivity (Wildman–Crippen MR) is 82.7 cm³/mol. The maximum atomic E-state index is 9.67. The van der Waals surface area contributed by atoms with Crippen LogP contribution in [0.3, 0.4) is 0 Å². The number of thioether (sulfide) groups is 1. The van der Waals surface area contributed by atoms with E-state index in [1.807, 2.05) is 18.8 Å². The molecule has 106 valence electrons. The van der Waals surface area contributed by atoms with E-state index in [9.17, 15) is 5.11 Å². The summed E-state index contributed by atoms with van der Waals surface area (Å²) in [6.07, 6.45) is 4.77. The lowest BCUT2D eigenvalue weighted by atomic mass is 9.86. The highest BCUT2D eigenvalue weighted by Gasteiger charge is 2.40. The number of aliphatic hydroxyl groups excluding tert-OH is 1. The highest BCUT2D eigenvalue weighted by atomic mass is 32.2. The first-order valence-corrected chi connectivity index (χ1v) is 8.18. The number of hydrogen-bond donors (Lipinski definition) is 2. The van der Waals surface area contributed by atoms with E-state index in [-0.39, 0.29) is 12.1 Å². The van der Waals surface area contributed by atoms with Crippen LogP contribution in [-0.2, 0) is 0 Å². The minimum absolute atomic E-state index is 0.0207. The normalized spacial score (nSPS) is 26.8. The first-order chi connectivity index (χ1) is 9.20. The summed E-state index contributed by atoms with van der Waals surface area (Å²) in [5.74, 6) is 1.75. The molecule has 0 bridgehead atoms. The third-order valence-electron chi connectivity index (χ3n) is 4.46. The van der Waals surface area contributed by atoms with Crippen molar-refractivity contribution >= 4 is 11.8 Å². The number of aliphatic hydroxyl groups is 1. The maximum absolute atomic E-state index is 9.67. The van der Waals surface area contributed by atoms with Gasteiger partial charge in [-0.1, -0.05) is 24.1 Å². The van der Waals surface area contributed by atoms with Gasteiger partial charge in [0.1, 0.15) is 0 Å². The first kappa shape index (κ1) is 14.9. The molecule has 1 saturated carbocycles. The van der Waals surface area contributed by atoms with E-state index < -0.39 is 0 Å². The Morgan fingerprint density at radius 2 is 2.32 bits per heavy atom. The molecule has 1 aromatic carbocycles. The van der Waals surface area contributed by atoms with Gasteiger partial charge in [-0.2, -0.15) is 0 Å². The molecule has 0 amide bonds. The van der Waals surface area contributed by atoms with Crippen molar-refractivity contribution in [2.75, 3.05) is 19.4 Å². The van der Waals surface area contributed by atoms with Crippen LogP contribution in [0.1, 0.15) is 31.2 Å². The average molecular weight is 279 g/mol. The molecule has 0 aliphatic heterocycles. The van der Waals surface area contributed by atoms with Gasteiger partial charge in [-0.05, 0) is 57.0 Å². The molecule has 0 heterocycles. The number of likely N-dealkylation sites (N-methyl/N-ethyl adjacent to an activating group) is 1. The lowest BCUT2D eigenvalue weighted by Gasteiger charge is -2.33. The van der Waals surface area contributed by atoms with Crippen molar-refractivity contribution in [2.24, 2.45) is 5.92 Å². The standard InChI is InChI=1S/C16H25NOS/c1-13-5-3-7-15(11-13)19-10-8-14-6-4-9-16(14,12-18)17-2/h3,5,7,11,14,17-18H,4,6,8-10,12H2,1-2H3. The van der Waals surface area contributed by atoms with Gasteiger partial charge in [-0.15, -0.1) is 11.8 Å². The SMILES string of the molecule is CNC1(CO)CCCC1CCSc1cccc(C)c1. The maximum Gasteiger partial charge on any atom is 0.0615 e. The van der Waals surface area contributed by atoms with Crippen LogP contribution in [0.15, 0.2) is 29.2 Å². The molecule has 0 saturated heterocycles. The van der Waals surface area contributed by atoms with Crippen LogP contribution in [0.5, 0.6) is 0 Å². The summed E-state index contributed by atoms with van der Waals surface area (Å²) in [5, 5.41) is 13.0. The number of rotatable bonds is 6. The summed E-state index contributed by atoms with van der Waals surface area (Å²) >= 11 is 1.93. The van der Waals surface area contributed by atoms with E-state index in [1.165, 1.54) is 29.7 Å². The van der Waals surface area contributed by atoms with Gasteiger partial charge in [-0.25, -0.2) is 0 Å². The molecular formula is C16H25NOS. The fourth-order valence-electron chi connectivity index (χ4n) is 3.21. The fraction of sp³-hybridized carbons (Fsp3) is 0.625. The quantitative estimate of drug-likeness (QED) is 0.784. The van der Waals surface area contributed by atoms with Crippen LogP contribution in [0, 0.1) is 12.8 Å². The van der Waals surface area contributed by atoms with Crippen LogP contribution in [-0.4, -0.2) is 30.1 Å². The molecule has 19 heavy (non-hydrogen) atoms. The first-order valence-electron chi connectivity index (χ1n) is 7.19. The van der Waals surface area contributed by atoms with Gasteiger partial charge < -0.3 is 10.4 Å². The predicted octanol–water partition coefficient (Wildman–Crippen LogP) is 3.23. The molecule has 2 N–H and O–H groups in total. The van der Waals surface area contributed by atoms with Crippen LogP contribution in [0.2, 0.25) is 0 Å². The molecule has 1 aliphatic rings. The second kappa shape index (κ2) is 6.78. The molecule has 3 heteroatoms. The van der Waals surface area contributed by atoms with Crippen molar-refractivity contribution in [2.45, 2.75) is 43.0 Å². The number of aryl methyl sites for hydroxylation is 1. The third kappa shape index (κ3) is 3.53. The van der Waals surface area contributed by atoms with Crippen molar-refractivity contribution in [1.82, 2.24) is 5.32 Å². The lowest BCUT2D eigenvalue weighted by molar-refractivity contribution is 0.130. The Hall–Kier alpha value is -0.510. The second-order valence-electron chi connectivity index (χ2n) is 5.61. The third-order valence-corrected chi connectivity index (χ3v) is 5.49. The zero-order chi connectivity index (χ0) is 13.7. The number of benzene rings is 1. The Morgan fingerprint density at radius 3 is 3.00 bits per heavy atom. The van der Waals surface area contributed by atoms with E-state index in [1.54, 1.807) is 0 Å². The molecular weight excluding hydrogens is 254 g/mol. The Bertz CT molecular complexity index is 403. The zero-order valence-corrected chi connectivity index (χ0v) is 12.8. The highest BCUT2D eigenvalue weighted by molar-refractivity contribution is 7.99. The molecule has 1 aliphatic carbocycles. The van der Waals surface area contributed by atoms with Crippen LogP contribution in [0.4, 0.5) is 0 Å². The lowest BCUT2D eigenvalue weighted by Crippen LogP contribution is -2.49. The smallest absolute Gasteiger partial charge is 0.0615 e. The van der Waals surface area contributed by atoms with Crippen LogP contribution < -0.4 is 5.32 Å². The number of hydrogen-bond acceptors (Lipinski definition) is 3. The Kier molecular flexibility index (Phi) is 5.31. The number of nitrogens with one attached hydrogen (secondary N) is 1. The molecule has 1 fully saturated rings. The largest absolute Gasteiger partial charge is 0.394 e. The summed E-state index contributed by atoms with van der Waals surface area (Å²) in [5.41, 5.74) is 1.30. The molecule has 2 rings (SSSR count). The minimum atomic E-state index is -0.0207. The van der Waals surface area contributed by atoms with Crippen molar-refractivity contribution in [3.05, 3.63) is 29.8 Å². The van der Waals surface area contributed by atoms with Gasteiger partial charge in [0.25, 0.3) is 0 Å². The summed E-state index contributed by atoms with van der Waals surface area (Å²) in [7, 11) is 1.99. The topological polar surface area (TPSA) is 32.3 Å². The van der Waals surface area contributed by atoms with E-state index >= 15 is 0 Å². The van der Waals surface area contributed by atoms with E-state index in [0.29, 0.717) is 5.92 Å². The van der Waals surface area contributed by atoms with Gasteiger partial charge in [0.15, 0.2) is 0 Å². The van der Waals surface area contributed by atoms with E-state index in [0.717, 1.165) is 12.2 Å². The van der Waals surface area contributed by atoms with Crippen molar-refractivity contribution in [3.63, 3.8) is 0 Å². The Morgan fingerprint density at radius 1 is 1.47 bits per heavy atom. The van der Waals surface area contributed by atoms with Crippen molar-refractivity contribution in [1.29, 1.82) is 0 Å². The molecule has 2 nitrogen and oxygen atoms in total. The molecule has 1 aromatic rings. The minimum Gasteiger partial charge on any atom is -0.394 e. The molecule has 2 atom stereocenters. The summed E-state index contributed by atoms with van der Waals surface area (Å²) in [6, 6.07) is 8.69. The van der Waals surface area contributed by atoms with E-state index in [4.69, 9.17) is 0 Å². The van der Waals surface area contributed by atoms with Crippen LogP contribution in [0.25, 0.3) is 0 Å². The van der Waals surface area contributed by atoms with Crippen LogP contribution >= 0.6 is 11.8 Å². The van der Waals surface area contributed by atoms with Gasteiger partial charge in [0, 0.05) is 10.4 Å². The highest BCUT2D eigenvalue weighted by Crippen LogP contribution is 2.38. The summed E-state index contributed by atoms with van der Waals surface area (Å²) in [4.78, 5) is 1.36. The fourth-order valence-corrected chi connectivity index (χ4v) is 4.29. The monoisotopic (exact) mass is 279 g/mol. The second-order valence-corrected chi connectivity index (χ2v) is 6.78. The van der Waals surface area contributed by atoms with Crippen molar-refractivity contribution in [3.8, 4) is 0 Å². The Labute approximate surface area is 121 Å². The van der Waals surface area contributed by atoms with Gasteiger partial charge in [-0.3, -0.25) is 0 Å². The Balaban J connectivity index is 1.85. The summed E-state index contributed by atoms with van der Waals surface area (Å²) in [6.45, 7) is 2.40. The molecule has 2 unspecified atom stereocenters.